The zero-order valence-electron chi connectivity index (χ0n) is 16.7. The molecule has 156 valence electrons. The number of guanidine groups is 1. The normalized spacial score (nSPS) is 11.1. The van der Waals surface area contributed by atoms with Gasteiger partial charge in [-0.1, -0.05) is 0 Å². The number of hydrogen-bond donors (Lipinski definition) is 3. The molecule has 3 aromatic rings. The van der Waals surface area contributed by atoms with Gasteiger partial charge in [-0.15, -0.1) is 35.3 Å². The van der Waals surface area contributed by atoms with Crippen molar-refractivity contribution in [2.24, 2.45) is 4.99 Å². The summed E-state index contributed by atoms with van der Waals surface area (Å²) < 4.78 is 5.18. The maximum absolute atomic E-state index is 5.18. The number of nitrogens with one attached hydrogen (secondary N) is 3. The van der Waals surface area contributed by atoms with Gasteiger partial charge in [0.25, 0.3) is 0 Å². The van der Waals surface area contributed by atoms with Crippen LogP contribution in [0.2, 0.25) is 0 Å². The predicted octanol–water partition coefficient (Wildman–Crippen LogP) is 3.16. The average Bonchev–Trinajstić information content (AvgIpc) is 3.35. The Labute approximate surface area is 191 Å². The fraction of sp³-hybridized carbons (Fsp3) is 0.368. The SMILES string of the molecule is CCNC(=NCc1nc(-c2ccc(OC)cc2)n[nH]1)NCCc1ncc(C)s1.I. The number of nitrogens with zero attached hydrogens (tertiary/aromatic N) is 4. The minimum absolute atomic E-state index is 0. The van der Waals surface area contributed by atoms with E-state index in [2.05, 4.69) is 42.7 Å². The lowest BCUT2D eigenvalue weighted by Crippen LogP contribution is -2.38. The van der Waals surface area contributed by atoms with Crippen LogP contribution in [-0.4, -0.2) is 46.3 Å². The maximum atomic E-state index is 5.18. The van der Waals surface area contributed by atoms with E-state index in [1.54, 1.807) is 18.4 Å². The topological polar surface area (TPSA) is 100 Å². The first-order valence-corrected chi connectivity index (χ1v) is 9.98. The van der Waals surface area contributed by atoms with Crippen LogP contribution in [0.1, 0.15) is 22.6 Å². The molecule has 1 aromatic carbocycles. The van der Waals surface area contributed by atoms with Crippen molar-refractivity contribution in [3.05, 3.63) is 46.2 Å². The summed E-state index contributed by atoms with van der Waals surface area (Å²) in [5.41, 5.74) is 0.927. The Hall–Kier alpha value is -2.21. The average molecular weight is 527 g/mol. The minimum atomic E-state index is 0. The van der Waals surface area contributed by atoms with Crippen molar-refractivity contribution < 1.29 is 4.74 Å². The van der Waals surface area contributed by atoms with Crippen LogP contribution >= 0.6 is 35.3 Å². The van der Waals surface area contributed by atoms with Crippen LogP contribution in [0.15, 0.2) is 35.5 Å². The molecule has 0 unspecified atom stereocenters. The number of rotatable bonds is 8. The number of methoxy groups -OCH3 is 1. The van der Waals surface area contributed by atoms with Crippen molar-refractivity contribution in [3.63, 3.8) is 0 Å². The van der Waals surface area contributed by atoms with Crippen LogP contribution in [0, 0.1) is 6.92 Å². The second-order valence-electron chi connectivity index (χ2n) is 6.07. The van der Waals surface area contributed by atoms with Crippen LogP contribution in [-0.2, 0) is 13.0 Å². The molecule has 8 nitrogen and oxygen atoms in total. The molecular formula is C19H26IN7OS. The first kappa shape index (κ1) is 23.1. The van der Waals surface area contributed by atoms with E-state index in [4.69, 9.17) is 4.74 Å². The van der Waals surface area contributed by atoms with Gasteiger partial charge < -0.3 is 15.4 Å². The van der Waals surface area contributed by atoms with Gasteiger partial charge in [0.05, 0.1) is 12.1 Å². The summed E-state index contributed by atoms with van der Waals surface area (Å²) in [6.07, 6.45) is 2.77. The second-order valence-corrected chi connectivity index (χ2v) is 7.39. The third kappa shape index (κ3) is 6.96. The Kier molecular flexibility index (Phi) is 9.32. The molecule has 0 spiro atoms. The van der Waals surface area contributed by atoms with Gasteiger partial charge in [0, 0.05) is 36.1 Å². The molecule has 29 heavy (non-hydrogen) atoms. The Balaban J connectivity index is 0.00000300. The molecule has 0 amide bonds. The predicted molar refractivity (Wildman–Crippen MR) is 127 cm³/mol. The third-order valence-electron chi connectivity index (χ3n) is 3.91. The lowest BCUT2D eigenvalue weighted by atomic mass is 10.2. The number of benzene rings is 1. The van der Waals surface area contributed by atoms with E-state index in [0.29, 0.717) is 18.2 Å². The molecule has 0 saturated heterocycles. The summed E-state index contributed by atoms with van der Waals surface area (Å²) in [6.45, 7) is 6.08. The zero-order valence-corrected chi connectivity index (χ0v) is 19.9. The molecule has 3 N–H and O–H groups in total. The molecule has 0 bridgehead atoms. The Bertz CT molecular complexity index is 907. The van der Waals surface area contributed by atoms with Crippen LogP contribution in [0.3, 0.4) is 0 Å². The van der Waals surface area contributed by atoms with Gasteiger partial charge >= 0.3 is 0 Å². The van der Waals surface area contributed by atoms with Gasteiger partial charge in [-0.05, 0) is 38.1 Å². The minimum Gasteiger partial charge on any atom is -0.497 e. The first-order chi connectivity index (χ1) is 13.7. The molecule has 0 aliphatic carbocycles. The van der Waals surface area contributed by atoms with E-state index in [9.17, 15) is 0 Å². The number of thiazole rings is 1. The highest BCUT2D eigenvalue weighted by atomic mass is 127. The summed E-state index contributed by atoms with van der Waals surface area (Å²) in [6, 6.07) is 7.64. The number of hydrogen-bond acceptors (Lipinski definition) is 6. The van der Waals surface area contributed by atoms with Gasteiger partial charge in [-0.25, -0.2) is 15.0 Å². The second kappa shape index (κ2) is 11.7. The number of aromatic amines is 1. The number of H-pyrrole nitrogens is 1. The van der Waals surface area contributed by atoms with Crippen LogP contribution < -0.4 is 15.4 Å². The first-order valence-electron chi connectivity index (χ1n) is 9.17. The largest absolute Gasteiger partial charge is 0.497 e. The molecule has 2 aromatic heterocycles. The molecule has 2 heterocycles. The van der Waals surface area contributed by atoms with Crippen molar-refractivity contribution in [1.82, 2.24) is 30.8 Å². The fourth-order valence-electron chi connectivity index (χ4n) is 2.54. The number of aromatic nitrogens is 4. The van der Waals surface area contributed by atoms with Crippen molar-refractivity contribution >= 4 is 41.3 Å². The molecule has 0 aliphatic heterocycles. The summed E-state index contributed by atoms with van der Waals surface area (Å²) in [5.74, 6) is 2.90. The smallest absolute Gasteiger partial charge is 0.191 e. The van der Waals surface area contributed by atoms with Crippen LogP contribution in [0.5, 0.6) is 5.75 Å². The number of halogens is 1. The number of ether oxygens (including phenoxy) is 1. The highest BCUT2D eigenvalue weighted by Gasteiger charge is 2.07. The van der Waals surface area contributed by atoms with Crippen LogP contribution in [0.25, 0.3) is 11.4 Å². The lowest BCUT2D eigenvalue weighted by Gasteiger charge is -2.10. The van der Waals surface area contributed by atoms with E-state index in [0.717, 1.165) is 41.8 Å². The Morgan fingerprint density at radius 2 is 2.03 bits per heavy atom. The van der Waals surface area contributed by atoms with E-state index < -0.39 is 0 Å². The molecule has 0 fully saturated rings. The standard InChI is InChI=1S/C19H25N7OS.HI/c1-4-20-19(21-10-9-17-22-11-13(2)28-17)23-12-16-24-18(26-25-16)14-5-7-15(27-3)8-6-14;/h5-8,11H,4,9-10,12H2,1-3H3,(H2,20,21,23)(H,24,25,26);1H. The summed E-state index contributed by atoms with van der Waals surface area (Å²) in [4.78, 5) is 14.7. The monoisotopic (exact) mass is 527 g/mol. The molecule has 10 heteroatoms. The highest BCUT2D eigenvalue weighted by Crippen LogP contribution is 2.19. The van der Waals surface area contributed by atoms with Gasteiger partial charge in [0.2, 0.25) is 0 Å². The fourth-order valence-corrected chi connectivity index (χ4v) is 3.32. The number of aliphatic imine (C=N–C) groups is 1. The molecule has 0 atom stereocenters. The van der Waals surface area contributed by atoms with E-state index in [1.165, 1.54) is 4.88 Å². The van der Waals surface area contributed by atoms with Gasteiger partial charge in [-0.3, -0.25) is 5.10 Å². The van der Waals surface area contributed by atoms with Crippen molar-refractivity contribution in [1.29, 1.82) is 0 Å². The maximum Gasteiger partial charge on any atom is 0.191 e. The van der Waals surface area contributed by atoms with E-state index in [1.807, 2.05) is 37.4 Å². The summed E-state index contributed by atoms with van der Waals surface area (Å²) >= 11 is 1.72. The van der Waals surface area contributed by atoms with Crippen molar-refractivity contribution in [2.45, 2.75) is 26.8 Å². The Morgan fingerprint density at radius 1 is 1.24 bits per heavy atom. The van der Waals surface area contributed by atoms with Crippen molar-refractivity contribution in [3.8, 4) is 17.1 Å². The lowest BCUT2D eigenvalue weighted by molar-refractivity contribution is 0.415. The van der Waals surface area contributed by atoms with Gasteiger partial charge in [-0.2, -0.15) is 5.10 Å². The highest BCUT2D eigenvalue weighted by molar-refractivity contribution is 14.0. The Morgan fingerprint density at radius 3 is 2.69 bits per heavy atom. The third-order valence-corrected chi connectivity index (χ3v) is 4.88. The zero-order chi connectivity index (χ0) is 19.8. The van der Waals surface area contributed by atoms with Gasteiger partial charge in [0.15, 0.2) is 11.8 Å². The summed E-state index contributed by atoms with van der Waals surface area (Å²) in [5, 5.41) is 14.9. The molecule has 0 aliphatic rings. The molecule has 0 saturated carbocycles. The number of aryl methyl sites for hydroxylation is 1. The molecular weight excluding hydrogens is 501 g/mol. The molecule has 0 radical (unpaired) electrons. The van der Waals surface area contributed by atoms with Crippen LogP contribution in [0.4, 0.5) is 0 Å². The van der Waals surface area contributed by atoms with Crippen molar-refractivity contribution in [2.75, 3.05) is 20.2 Å². The quantitative estimate of drug-likeness (QED) is 0.237. The van der Waals surface area contributed by atoms with Gasteiger partial charge in [0.1, 0.15) is 18.1 Å². The summed E-state index contributed by atoms with van der Waals surface area (Å²) in [7, 11) is 1.64. The molecule has 3 rings (SSSR count). The van der Waals surface area contributed by atoms with E-state index in [-0.39, 0.29) is 24.0 Å². The van der Waals surface area contributed by atoms with E-state index >= 15 is 0 Å².